The molecule has 168 valence electrons. The van der Waals surface area contributed by atoms with Crippen LogP contribution in [0.1, 0.15) is 21.6 Å². The summed E-state index contributed by atoms with van der Waals surface area (Å²) in [5.41, 5.74) is 5.25. The number of halogens is 1. The second kappa shape index (κ2) is 8.75. The van der Waals surface area contributed by atoms with Gasteiger partial charge in [-0.3, -0.25) is 14.4 Å². The molecule has 3 heterocycles. The number of hydrogen-bond donors (Lipinski definition) is 0. The molecule has 1 saturated heterocycles. The second-order valence-corrected chi connectivity index (χ2v) is 8.53. The first-order valence-electron chi connectivity index (χ1n) is 11.1. The molecule has 1 amide bonds. The molecule has 4 aromatic rings. The van der Waals surface area contributed by atoms with E-state index in [1.54, 1.807) is 6.20 Å². The third-order valence-corrected chi connectivity index (χ3v) is 6.44. The monoisotopic (exact) mass is 443 g/mol. The van der Waals surface area contributed by atoms with E-state index in [1.165, 1.54) is 12.1 Å². The molecule has 0 bridgehead atoms. The zero-order valence-electron chi connectivity index (χ0n) is 18.8. The second-order valence-electron chi connectivity index (χ2n) is 8.53. The van der Waals surface area contributed by atoms with E-state index >= 15 is 0 Å². The molecule has 2 aromatic carbocycles. The Bertz CT molecular complexity index is 1310. The predicted molar refractivity (Wildman–Crippen MR) is 126 cm³/mol. The summed E-state index contributed by atoms with van der Waals surface area (Å²) in [5, 5.41) is 5.20. The van der Waals surface area contributed by atoms with E-state index in [1.807, 2.05) is 66.0 Å². The Labute approximate surface area is 192 Å². The number of aryl methyl sites for hydroxylation is 1. The third kappa shape index (κ3) is 4.24. The first kappa shape index (κ1) is 21.3. The van der Waals surface area contributed by atoms with Gasteiger partial charge in [0.2, 0.25) is 0 Å². The summed E-state index contributed by atoms with van der Waals surface area (Å²) >= 11 is 0. The maximum atomic E-state index is 13.6. The summed E-state index contributed by atoms with van der Waals surface area (Å²) < 4.78 is 15.0. The maximum absolute atomic E-state index is 13.6. The van der Waals surface area contributed by atoms with E-state index in [-0.39, 0.29) is 11.7 Å². The fourth-order valence-electron chi connectivity index (χ4n) is 4.37. The number of nitrogens with zero attached hydrogens (tertiary/aromatic N) is 5. The lowest BCUT2D eigenvalue weighted by Gasteiger charge is -2.35. The number of pyridine rings is 1. The summed E-state index contributed by atoms with van der Waals surface area (Å²) in [6.07, 6.45) is 1.80. The Morgan fingerprint density at radius 3 is 2.45 bits per heavy atom. The first-order chi connectivity index (χ1) is 16.0. The van der Waals surface area contributed by atoms with Gasteiger partial charge in [-0.1, -0.05) is 30.3 Å². The Kier molecular flexibility index (Phi) is 5.64. The normalized spacial score (nSPS) is 14.7. The van der Waals surface area contributed by atoms with Crippen LogP contribution in [0, 0.1) is 12.7 Å². The van der Waals surface area contributed by atoms with Gasteiger partial charge in [-0.15, -0.1) is 0 Å². The molecule has 0 unspecified atom stereocenters. The molecule has 0 N–H and O–H groups in total. The minimum atomic E-state index is -0.223. The van der Waals surface area contributed by atoms with Gasteiger partial charge in [0.1, 0.15) is 5.82 Å². The lowest BCUT2D eigenvalue weighted by atomic mass is 10.0. The molecule has 0 radical (unpaired) electrons. The van der Waals surface area contributed by atoms with Crippen LogP contribution in [0.5, 0.6) is 0 Å². The van der Waals surface area contributed by atoms with Gasteiger partial charge in [-0.05, 0) is 36.8 Å². The molecule has 7 heteroatoms. The molecular formula is C26H26FN5O. The number of fused-ring (bicyclic) bond motifs is 1. The Morgan fingerprint density at radius 1 is 1.03 bits per heavy atom. The van der Waals surface area contributed by atoms with Crippen molar-refractivity contribution in [3.8, 4) is 11.3 Å². The number of carbonyl (C=O) groups is 1. The summed E-state index contributed by atoms with van der Waals surface area (Å²) in [6.45, 7) is 5.61. The molecule has 6 nitrogen and oxygen atoms in total. The van der Waals surface area contributed by atoms with Crippen molar-refractivity contribution < 1.29 is 9.18 Å². The van der Waals surface area contributed by atoms with Crippen LogP contribution < -0.4 is 0 Å². The highest BCUT2D eigenvalue weighted by Gasteiger charge is 2.25. The standard InChI is InChI=1S/C26H26FN5O/c1-18-23(16-28-30(18)2)25-15-22(21-5-3-4-6-24(21)29-25)26(33)32-13-11-31(12-14-32)17-19-7-9-20(27)10-8-19/h3-10,15-16H,11-14,17H2,1-2H3. The van der Waals surface area contributed by atoms with Crippen LogP contribution in [0.15, 0.2) is 60.8 Å². The van der Waals surface area contributed by atoms with Crippen molar-refractivity contribution in [1.82, 2.24) is 24.6 Å². The lowest BCUT2D eigenvalue weighted by Crippen LogP contribution is -2.48. The molecular weight excluding hydrogens is 417 g/mol. The van der Waals surface area contributed by atoms with E-state index in [2.05, 4.69) is 10.00 Å². The van der Waals surface area contributed by atoms with Gasteiger partial charge >= 0.3 is 0 Å². The highest BCUT2D eigenvalue weighted by molar-refractivity contribution is 6.07. The van der Waals surface area contributed by atoms with Crippen LogP contribution >= 0.6 is 0 Å². The molecule has 33 heavy (non-hydrogen) atoms. The van der Waals surface area contributed by atoms with Gasteiger partial charge < -0.3 is 4.90 Å². The van der Waals surface area contributed by atoms with Crippen LogP contribution in [0.4, 0.5) is 4.39 Å². The van der Waals surface area contributed by atoms with Gasteiger partial charge in [-0.2, -0.15) is 5.10 Å². The average molecular weight is 444 g/mol. The largest absolute Gasteiger partial charge is 0.336 e. The summed E-state index contributed by atoms with van der Waals surface area (Å²) in [4.78, 5) is 22.6. The zero-order chi connectivity index (χ0) is 22.9. The average Bonchev–Trinajstić information content (AvgIpc) is 3.18. The van der Waals surface area contributed by atoms with Crippen LogP contribution in [-0.4, -0.2) is 56.7 Å². The summed E-state index contributed by atoms with van der Waals surface area (Å²) in [7, 11) is 1.90. The minimum Gasteiger partial charge on any atom is -0.336 e. The van der Waals surface area contributed by atoms with Crippen molar-refractivity contribution in [2.75, 3.05) is 26.2 Å². The Balaban J connectivity index is 1.38. The van der Waals surface area contributed by atoms with Crippen LogP contribution in [0.25, 0.3) is 22.2 Å². The highest BCUT2D eigenvalue weighted by atomic mass is 19.1. The fraction of sp³-hybridized carbons (Fsp3) is 0.269. The van der Waals surface area contributed by atoms with E-state index in [4.69, 9.17) is 4.98 Å². The Morgan fingerprint density at radius 2 is 1.76 bits per heavy atom. The van der Waals surface area contributed by atoms with E-state index < -0.39 is 0 Å². The number of rotatable bonds is 4. The third-order valence-electron chi connectivity index (χ3n) is 6.44. The van der Waals surface area contributed by atoms with E-state index in [0.717, 1.165) is 53.1 Å². The molecule has 1 aliphatic heterocycles. The number of aromatic nitrogens is 3. The smallest absolute Gasteiger partial charge is 0.254 e. The van der Waals surface area contributed by atoms with Crippen molar-refractivity contribution in [3.63, 3.8) is 0 Å². The van der Waals surface area contributed by atoms with Gasteiger partial charge in [0.15, 0.2) is 0 Å². The number of carbonyl (C=O) groups excluding carboxylic acids is 1. The van der Waals surface area contributed by atoms with Gasteiger partial charge in [0.05, 0.1) is 23.0 Å². The van der Waals surface area contributed by atoms with E-state index in [9.17, 15) is 9.18 Å². The predicted octanol–water partition coefficient (Wildman–Crippen LogP) is 4.04. The number of benzene rings is 2. The van der Waals surface area contributed by atoms with Crippen molar-refractivity contribution in [3.05, 3.63) is 83.4 Å². The van der Waals surface area contributed by atoms with E-state index in [0.29, 0.717) is 18.7 Å². The van der Waals surface area contributed by atoms with Gasteiger partial charge in [-0.25, -0.2) is 9.37 Å². The van der Waals surface area contributed by atoms with Gasteiger partial charge in [0, 0.05) is 56.4 Å². The Hall–Kier alpha value is -3.58. The van der Waals surface area contributed by atoms with Gasteiger partial charge in [0.25, 0.3) is 5.91 Å². The highest BCUT2D eigenvalue weighted by Crippen LogP contribution is 2.28. The SMILES string of the molecule is Cc1c(-c2cc(C(=O)N3CCN(Cc4ccc(F)cc4)CC3)c3ccccc3n2)cnn1C. The molecule has 1 aliphatic rings. The fourth-order valence-corrected chi connectivity index (χ4v) is 4.37. The van der Waals surface area contributed by atoms with Crippen molar-refractivity contribution in [2.24, 2.45) is 7.05 Å². The van der Waals surface area contributed by atoms with Crippen LogP contribution in [0.3, 0.4) is 0 Å². The number of piperazine rings is 1. The molecule has 0 aliphatic carbocycles. The minimum absolute atomic E-state index is 0.0258. The number of hydrogen-bond acceptors (Lipinski definition) is 4. The molecule has 2 aromatic heterocycles. The first-order valence-corrected chi connectivity index (χ1v) is 11.1. The quantitative estimate of drug-likeness (QED) is 0.478. The molecule has 0 spiro atoms. The topological polar surface area (TPSA) is 54.3 Å². The molecule has 1 fully saturated rings. The van der Waals surface area contributed by atoms with Crippen molar-refractivity contribution in [2.45, 2.75) is 13.5 Å². The number of amides is 1. The summed E-state index contributed by atoms with van der Waals surface area (Å²) in [6, 6.07) is 16.3. The molecule has 0 saturated carbocycles. The molecule has 5 rings (SSSR count). The number of para-hydroxylation sites is 1. The lowest BCUT2D eigenvalue weighted by molar-refractivity contribution is 0.0630. The van der Waals surface area contributed by atoms with Crippen molar-refractivity contribution >= 4 is 16.8 Å². The zero-order valence-corrected chi connectivity index (χ0v) is 18.8. The van der Waals surface area contributed by atoms with Crippen molar-refractivity contribution in [1.29, 1.82) is 0 Å². The maximum Gasteiger partial charge on any atom is 0.254 e. The van der Waals surface area contributed by atoms with Crippen LogP contribution in [-0.2, 0) is 13.6 Å². The summed E-state index contributed by atoms with van der Waals surface area (Å²) in [5.74, 6) is -0.197. The molecule has 0 atom stereocenters. The van der Waals surface area contributed by atoms with Crippen LogP contribution in [0.2, 0.25) is 0 Å².